The van der Waals surface area contributed by atoms with Crippen LogP contribution in [0.1, 0.15) is 18.1 Å². The van der Waals surface area contributed by atoms with Crippen LogP contribution in [0.2, 0.25) is 0 Å². The molecule has 0 aliphatic rings. The van der Waals surface area contributed by atoms with Gasteiger partial charge in [0.15, 0.2) is 0 Å². The van der Waals surface area contributed by atoms with Gasteiger partial charge in [0.25, 0.3) is 0 Å². The SMILES string of the molecule is CC(=O)NCCNc1nc(OCc2cccc(-c3ccccc3)c2C)nc(=O)[nH]1. The van der Waals surface area contributed by atoms with E-state index in [4.69, 9.17) is 4.74 Å². The van der Waals surface area contributed by atoms with Gasteiger partial charge in [0, 0.05) is 20.0 Å². The minimum absolute atomic E-state index is 0.0136. The molecule has 8 nitrogen and oxygen atoms in total. The van der Waals surface area contributed by atoms with Crippen LogP contribution >= 0.6 is 0 Å². The molecule has 0 spiro atoms. The van der Waals surface area contributed by atoms with Gasteiger partial charge in [-0.15, -0.1) is 4.98 Å². The van der Waals surface area contributed by atoms with Crippen molar-refractivity contribution >= 4 is 11.9 Å². The fourth-order valence-corrected chi connectivity index (χ4v) is 2.84. The predicted molar refractivity (Wildman–Crippen MR) is 111 cm³/mol. The highest BCUT2D eigenvalue weighted by Gasteiger charge is 2.09. The zero-order valence-corrected chi connectivity index (χ0v) is 16.4. The van der Waals surface area contributed by atoms with Crippen LogP contribution in [0.15, 0.2) is 53.3 Å². The van der Waals surface area contributed by atoms with Crippen molar-refractivity contribution in [3.8, 4) is 17.1 Å². The molecule has 0 bridgehead atoms. The first-order chi connectivity index (χ1) is 14.0. The lowest BCUT2D eigenvalue weighted by Gasteiger charge is -2.12. The highest BCUT2D eigenvalue weighted by atomic mass is 16.5. The number of ether oxygens (including phenoxy) is 1. The normalized spacial score (nSPS) is 10.4. The first-order valence-corrected chi connectivity index (χ1v) is 9.26. The Morgan fingerprint density at radius 2 is 1.86 bits per heavy atom. The molecule has 1 amide bonds. The summed E-state index contributed by atoms with van der Waals surface area (Å²) in [7, 11) is 0. The van der Waals surface area contributed by atoms with Crippen LogP contribution < -0.4 is 21.1 Å². The van der Waals surface area contributed by atoms with Gasteiger partial charge in [-0.1, -0.05) is 48.5 Å². The van der Waals surface area contributed by atoms with Crippen LogP contribution in [0.25, 0.3) is 11.1 Å². The van der Waals surface area contributed by atoms with Crippen molar-refractivity contribution in [3.63, 3.8) is 0 Å². The molecule has 1 aromatic heterocycles. The summed E-state index contributed by atoms with van der Waals surface area (Å²) in [6, 6.07) is 16.1. The monoisotopic (exact) mass is 393 g/mol. The van der Waals surface area contributed by atoms with Crippen LogP contribution in [0.3, 0.4) is 0 Å². The number of aromatic amines is 1. The van der Waals surface area contributed by atoms with E-state index in [2.05, 4.69) is 43.8 Å². The standard InChI is InChI=1S/C21H23N5O3/c1-14-17(9-6-10-18(14)16-7-4-3-5-8-16)13-29-21-25-19(24-20(28)26-21)23-12-11-22-15(2)27/h3-10H,11-13H2,1-2H3,(H,22,27)(H2,23,24,25,26,28). The number of benzene rings is 2. The van der Waals surface area contributed by atoms with Crippen molar-refractivity contribution in [2.75, 3.05) is 18.4 Å². The summed E-state index contributed by atoms with van der Waals surface area (Å²) in [6.07, 6.45) is 0. The number of nitrogens with zero attached hydrogens (tertiary/aromatic N) is 2. The van der Waals surface area contributed by atoms with Gasteiger partial charge in [-0.25, -0.2) is 4.79 Å². The number of rotatable bonds is 8. The highest BCUT2D eigenvalue weighted by molar-refractivity contribution is 5.72. The number of nitrogens with one attached hydrogen (secondary N) is 3. The summed E-state index contributed by atoms with van der Waals surface area (Å²) in [5.41, 5.74) is 3.77. The van der Waals surface area contributed by atoms with Crippen molar-refractivity contribution in [1.82, 2.24) is 20.3 Å². The molecule has 0 aliphatic heterocycles. The topological polar surface area (TPSA) is 109 Å². The molecule has 1 heterocycles. The minimum Gasteiger partial charge on any atom is -0.458 e. The zero-order chi connectivity index (χ0) is 20.6. The fourth-order valence-electron chi connectivity index (χ4n) is 2.84. The number of anilines is 1. The van der Waals surface area contributed by atoms with Crippen LogP contribution in [0.5, 0.6) is 6.01 Å². The number of amides is 1. The van der Waals surface area contributed by atoms with E-state index in [0.717, 1.165) is 22.3 Å². The van der Waals surface area contributed by atoms with Crippen molar-refractivity contribution in [1.29, 1.82) is 0 Å². The van der Waals surface area contributed by atoms with Crippen LogP contribution in [-0.4, -0.2) is 33.9 Å². The van der Waals surface area contributed by atoms with E-state index in [-0.39, 0.29) is 24.5 Å². The summed E-state index contributed by atoms with van der Waals surface area (Å²) < 4.78 is 5.68. The first-order valence-electron chi connectivity index (χ1n) is 9.26. The van der Waals surface area contributed by atoms with Crippen LogP contribution in [0, 0.1) is 6.92 Å². The lowest BCUT2D eigenvalue weighted by Crippen LogP contribution is -2.27. The number of hydrogen-bond donors (Lipinski definition) is 3. The maximum absolute atomic E-state index is 11.8. The molecule has 3 aromatic rings. The number of aromatic nitrogens is 3. The van der Waals surface area contributed by atoms with Gasteiger partial charge in [-0.3, -0.25) is 9.78 Å². The minimum atomic E-state index is -0.563. The Morgan fingerprint density at radius 1 is 1.07 bits per heavy atom. The third-order valence-electron chi connectivity index (χ3n) is 4.31. The first kappa shape index (κ1) is 20.1. The van der Waals surface area contributed by atoms with Crippen LogP contribution in [0.4, 0.5) is 5.95 Å². The Bertz CT molecular complexity index is 1030. The van der Waals surface area contributed by atoms with E-state index in [1.54, 1.807) is 0 Å². The quantitative estimate of drug-likeness (QED) is 0.507. The van der Waals surface area contributed by atoms with Gasteiger partial charge in [-0.05, 0) is 29.2 Å². The van der Waals surface area contributed by atoms with Gasteiger partial charge in [0.2, 0.25) is 11.9 Å². The van der Waals surface area contributed by atoms with Crippen LogP contribution in [-0.2, 0) is 11.4 Å². The Balaban J connectivity index is 1.68. The predicted octanol–water partition coefficient (Wildman–Crippen LogP) is 2.27. The van der Waals surface area contributed by atoms with Gasteiger partial charge in [0.1, 0.15) is 6.61 Å². The number of H-pyrrole nitrogens is 1. The number of carbonyl (C=O) groups is 1. The van der Waals surface area contributed by atoms with Crippen molar-refractivity contribution in [2.45, 2.75) is 20.5 Å². The molecule has 29 heavy (non-hydrogen) atoms. The molecule has 150 valence electrons. The molecular weight excluding hydrogens is 370 g/mol. The average Bonchev–Trinajstić information content (AvgIpc) is 2.71. The molecule has 0 atom stereocenters. The van der Waals surface area contributed by atoms with E-state index in [9.17, 15) is 9.59 Å². The maximum Gasteiger partial charge on any atom is 0.352 e. The van der Waals surface area contributed by atoms with Crippen molar-refractivity contribution in [3.05, 3.63) is 70.1 Å². The fraction of sp³-hybridized carbons (Fsp3) is 0.238. The van der Waals surface area contributed by atoms with Crippen molar-refractivity contribution in [2.24, 2.45) is 0 Å². The van der Waals surface area contributed by atoms with E-state index in [1.165, 1.54) is 6.92 Å². The van der Waals surface area contributed by atoms with Crippen molar-refractivity contribution < 1.29 is 9.53 Å². The number of carbonyl (C=O) groups excluding carboxylic acids is 1. The van der Waals surface area contributed by atoms with E-state index in [1.807, 2.05) is 37.3 Å². The molecule has 3 N–H and O–H groups in total. The lowest BCUT2D eigenvalue weighted by atomic mass is 9.97. The third kappa shape index (κ3) is 5.65. The number of hydrogen-bond acceptors (Lipinski definition) is 6. The van der Waals surface area contributed by atoms with Gasteiger partial charge in [0.05, 0.1) is 0 Å². The molecule has 0 saturated heterocycles. The van der Waals surface area contributed by atoms with E-state index < -0.39 is 5.69 Å². The highest BCUT2D eigenvalue weighted by Crippen LogP contribution is 2.26. The molecule has 0 saturated carbocycles. The zero-order valence-electron chi connectivity index (χ0n) is 16.4. The Hall–Kier alpha value is -3.68. The molecule has 8 heteroatoms. The molecule has 0 radical (unpaired) electrons. The largest absolute Gasteiger partial charge is 0.458 e. The molecule has 0 aliphatic carbocycles. The molecule has 0 unspecified atom stereocenters. The second-order valence-corrected chi connectivity index (χ2v) is 6.44. The second-order valence-electron chi connectivity index (χ2n) is 6.44. The maximum atomic E-state index is 11.8. The second kappa shape index (κ2) is 9.50. The average molecular weight is 393 g/mol. The van der Waals surface area contributed by atoms with E-state index in [0.29, 0.717) is 13.1 Å². The summed E-state index contributed by atoms with van der Waals surface area (Å²) in [4.78, 5) is 33.1. The summed E-state index contributed by atoms with van der Waals surface area (Å²) in [5, 5.41) is 5.57. The molecule has 3 rings (SSSR count). The Kier molecular flexibility index (Phi) is 6.57. The molecule has 2 aromatic carbocycles. The lowest BCUT2D eigenvalue weighted by molar-refractivity contribution is -0.118. The Labute approximate surface area is 168 Å². The van der Waals surface area contributed by atoms with Gasteiger partial charge >= 0.3 is 11.7 Å². The Morgan fingerprint density at radius 3 is 2.62 bits per heavy atom. The van der Waals surface area contributed by atoms with E-state index >= 15 is 0 Å². The summed E-state index contributed by atoms with van der Waals surface area (Å²) >= 11 is 0. The smallest absolute Gasteiger partial charge is 0.352 e. The van der Waals surface area contributed by atoms with Gasteiger partial charge in [-0.2, -0.15) is 4.98 Å². The third-order valence-corrected chi connectivity index (χ3v) is 4.31. The summed E-state index contributed by atoms with van der Waals surface area (Å²) in [6.45, 7) is 4.52. The molecule has 0 fully saturated rings. The summed E-state index contributed by atoms with van der Waals surface area (Å²) in [5.74, 6) is 0.111. The van der Waals surface area contributed by atoms with Gasteiger partial charge < -0.3 is 15.4 Å². The molecular formula is C21H23N5O3.